The second kappa shape index (κ2) is 10.1. The van der Waals surface area contributed by atoms with Gasteiger partial charge >= 0.3 is 0 Å². The number of hydrogen-bond donors (Lipinski definition) is 1. The van der Waals surface area contributed by atoms with Crippen molar-refractivity contribution in [1.82, 2.24) is 9.88 Å². The molecule has 30 heavy (non-hydrogen) atoms. The molecule has 2 amide bonds. The van der Waals surface area contributed by atoms with Crippen molar-refractivity contribution in [1.29, 1.82) is 0 Å². The Balaban J connectivity index is 1.68. The summed E-state index contributed by atoms with van der Waals surface area (Å²) in [5.41, 5.74) is 7.21. The number of carbonyl (C=O) groups excluding carboxylic acids is 2. The Kier molecular flexibility index (Phi) is 7.56. The van der Waals surface area contributed by atoms with Gasteiger partial charge in [0.2, 0.25) is 0 Å². The lowest BCUT2D eigenvalue weighted by Crippen LogP contribution is -2.49. The van der Waals surface area contributed by atoms with Gasteiger partial charge in [0.1, 0.15) is 5.82 Å². The van der Waals surface area contributed by atoms with E-state index in [4.69, 9.17) is 33.9 Å². The van der Waals surface area contributed by atoms with E-state index >= 15 is 0 Å². The maximum Gasteiger partial charge on any atom is 0.255 e. The van der Waals surface area contributed by atoms with Crippen LogP contribution in [0.5, 0.6) is 0 Å². The number of aryl methyl sites for hydroxylation is 1. The van der Waals surface area contributed by atoms with Gasteiger partial charge in [-0.1, -0.05) is 43.0 Å². The number of nitrogens with two attached hydrogens (primary N) is 1. The van der Waals surface area contributed by atoms with Gasteiger partial charge in [0, 0.05) is 31.2 Å². The molecule has 0 radical (unpaired) electrons. The van der Waals surface area contributed by atoms with Gasteiger partial charge in [-0.25, -0.2) is 4.98 Å². The number of rotatable bonds is 7. The zero-order valence-electron chi connectivity index (χ0n) is 17.0. The molecule has 2 aromatic rings. The number of primary amides is 1. The molecule has 0 saturated carbocycles. The molecule has 0 atom stereocenters. The molecule has 1 aromatic carbocycles. The summed E-state index contributed by atoms with van der Waals surface area (Å²) < 4.78 is 0. The van der Waals surface area contributed by atoms with Gasteiger partial charge in [-0.15, -0.1) is 0 Å². The fraction of sp³-hybridized carbons (Fsp3) is 0.409. The van der Waals surface area contributed by atoms with Gasteiger partial charge in [-0.05, 0) is 43.2 Å². The number of benzene rings is 1. The van der Waals surface area contributed by atoms with Gasteiger partial charge in [-0.2, -0.15) is 0 Å². The third kappa shape index (κ3) is 5.24. The summed E-state index contributed by atoms with van der Waals surface area (Å²) in [6.45, 7) is 4.55. The highest BCUT2D eigenvalue weighted by Gasteiger charge is 2.25. The number of unbranched alkanes of at least 4 members (excludes halogenated alkanes) is 2. The molecule has 1 aliphatic heterocycles. The van der Waals surface area contributed by atoms with Crippen LogP contribution < -0.4 is 10.6 Å². The monoisotopic (exact) mass is 448 g/mol. The minimum absolute atomic E-state index is 0.103. The molecule has 3 rings (SSSR count). The van der Waals surface area contributed by atoms with Gasteiger partial charge in [0.25, 0.3) is 11.8 Å². The van der Waals surface area contributed by atoms with Crippen LogP contribution in [0.1, 0.15) is 52.6 Å². The molecule has 6 nitrogen and oxygen atoms in total. The zero-order valence-corrected chi connectivity index (χ0v) is 18.5. The van der Waals surface area contributed by atoms with E-state index in [0.717, 1.165) is 37.2 Å². The first-order chi connectivity index (χ1) is 14.4. The van der Waals surface area contributed by atoms with E-state index in [0.29, 0.717) is 47.4 Å². The molecule has 2 N–H and O–H groups in total. The highest BCUT2D eigenvalue weighted by atomic mass is 35.5. The molecular weight excluding hydrogens is 423 g/mol. The number of amides is 2. The van der Waals surface area contributed by atoms with Crippen LogP contribution in [0.2, 0.25) is 10.0 Å². The summed E-state index contributed by atoms with van der Waals surface area (Å²) in [6.07, 6.45) is 3.88. The van der Waals surface area contributed by atoms with E-state index < -0.39 is 5.91 Å². The van der Waals surface area contributed by atoms with Gasteiger partial charge in [0.05, 0.1) is 21.8 Å². The quantitative estimate of drug-likeness (QED) is 0.644. The van der Waals surface area contributed by atoms with Crippen LogP contribution in [0.25, 0.3) is 0 Å². The second-order valence-corrected chi connectivity index (χ2v) is 8.23. The van der Waals surface area contributed by atoms with Crippen molar-refractivity contribution in [2.24, 2.45) is 5.73 Å². The second-order valence-electron chi connectivity index (χ2n) is 7.39. The Morgan fingerprint density at radius 1 is 1.03 bits per heavy atom. The summed E-state index contributed by atoms with van der Waals surface area (Å²) in [5.74, 6) is 0.257. The van der Waals surface area contributed by atoms with E-state index in [9.17, 15) is 9.59 Å². The fourth-order valence-electron chi connectivity index (χ4n) is 3.60. The lowest BCUT2D eigenvalue weighted by molar-refractivity contribution is 0.0746. The molecule has 8 heteroatoms. The van der Waals surface area contributed by atoms with Crippen LogP contribution in [0.15, 0.2) is 30.3 Å². The van der Waals surface area contributed by atoms with Crippen LogP contribution in [-0.4, -0.2) is 47.9 Å². The summed E-state index contributed by atoms with van der Waals surface area (Å²) in [7, 11) is 0. The van der Waals surface area contributed by atoms with Crippen LogP contribution in [0, 0.1) is 0 Å². The van der Waals surface area contributed by atoms with Crippen molar-refractivity contribution in [3.63, 3.8) is 0 Å². The number of nitrogens with zero attached hydrogens (tertiary/aromatic N) is 3. The Morgan fingerprint density at radius 2 is 1.73 bits per heavy atom. The molecule has 0 aliphatic carbocycles. The smallest absolute Gasteiger partial charge is 0.255 e. The first-order valence-corrected chi connectivity index (χ1v) is 10.9. The molecule has 160 valence electrons. The predicted molar refractivity (Wildman–Crippen MR) is 121 cm³/mol. The number of aromatic nitrogens is 1. The minimum atomic E-state index is -0.448. The van der Waals surface area contributed by atoms with Crippen molar-refractivity contribution in [3.05, 3.63) is 57.2 Å². The largest absolute Gasteiger partial charge is 0.366 e. The van der Waals surface area contributed by atoms with E-state index in [1.165, 1.54) is 0 Å². The van der Waals surface area contributed by atoms with Gasteiger partial charge < -0.3 is 15.5 Å². The fourth-order valence-corrected chi connectivity index (χ4v) is 4.08. The third-order valence-electron chi connectivity index (χ3n) is 5.29. The van der Waals surface area contributed by atoms with Crippen molar-refractivity contribution in [3.8, 4) is 0 Å². The average molecular weight is 449 g/mol. The average Bonchev–Trinajstić information content (AvgIpc) is 2.73. The van der Waals surface area contributed by atoms with Crippen molar-refractivity contribution >= 4 is 40.8 Å². The van der Waals surface area contributed by atoms with Gasteiger partial charge in [-0.3, -0.25) is 9.59 Å². The highest BCUT2D eigenvalue weighted by molar-refractivity contribution is 6.36. The number of halogens is 2. The van der Waals surface area contributed by atoms with E-state index in [-0.39, 0.29) is 5.91 Å². The molecule has 1 aliphatic rings. The first-order valence-electron chi connectivity index (χ1n) is 10.2. The first kappa shape index (κ1) is 22.4. The SMILES string of the molecule is CCCCCc1nc(N2CCN(C(=O)c3ccc(Cl)cc3Cl)CC2)ccc1C(N)=O. The maximum absolute atomic E-state index is 12.8. The van der Waals surface area contributed by atoms with E-state index in [1.807, 2.05) is 6.07 Å². The number of piperazine rings is 1. The normalized spacial score (nSPS) is 14.1. The molecule has 0 unspecified atom stereocenters. The summed E-state index contributed by atoms with van der Waals surface area (Å²) >= 11 is 12.1. The summed E-state index contributed by atoms with van der Waals surface area (Å²) in [5, 5.41) is 0.858. The molecule has 0 spiro atoms. The molecular formula is C22H26Cl2N4O2. The highest BCUT2D eigenvalue weighted by Crippen LogP contribution is 2.24. The third-order valence-corrected chi connectivity index (χ3v) is 5.84. The molecule has 2 heterocycles. The Hall–Kier alpha value is -2.31. The van der Waals surface area contributed by atoms with Crippen LogP contribution in [0.4, 0.5) is 5.82 Å². The van der Waals surface area contributed by atoms with Crippen molar-refractivity contribution in [2.45, 2.75) is 32.6 Å². The molecule has 1 fully saturated rings. The van der Waals surface area contributed by atoms with E-state index in [1.54, 1.807) is 29.2 Å². The van der Waals surface area contributed by atoms with E-state index in [2.05, 4.69) is 11.8 Å². The van der Waals surface area contributed by atoms with Crippen molar-refractivity contribution < 1.29 is 9.59 Å². The summed E-state index contributed by atoms with van der Waals surface area (Å²) in [6, 6.07) is 8.50. The van der Waals surface area contributed by atoms with Gasteiger partial charge in [0.15, 0.2) is 0 Å². The minimum Gasteiger partial charge on any atom is -0.366 e. The zero-order chi connectivity index (χ0) is 21.7. The Morgan fingerprint density at radius 3 is 2.37 bits per heavy atom. The Bertz CT molecular complexity index is 927. The lowest BCUT2D eigenvalue weighted by Gasteiger charge is -2.35. The Labute approximate surface area is 187 Å². The molecule has 0 bridgehead atoms. The maximum atomic E-state index is 12.8. The number of anilines is 1. The lowest BCUT2D eigenvalue weighted by atomic mass is 10.1. The van der Waals surface area contributed by atoms with Crippen LogP contribution >= 0.6 is 23.2 Å². The molecule has 1 saturated heterocycles. The predicted octanol–water partition coefficient (Wildman–Crippen LogP) is 4.18. The van der Waals surface area contributed by atoms with Crippen LogP contribution in [0.3, 0.4) is 0 Å². The number of pyridine rings is 1. The van der Waals surface area contributed by atoms with Crippen LogP contribution in [-0.2, 0) is 6.42 Å². The standard InChI is InChI=1S/C22H26Cl2N4O2/c1-2-3-4-5-19-17(21(25)29)8-9-20(26-19)27-10-12-28(13-11-27)22(30)16-7-6-15(23)14-18(16)24/h6-9,14H,2-5,10-13H2,1H3,(H2,25,29). The topological polar surface area (TPSA) is 79.5 Å². The summed E-state index contributed by atoms with van der Waals surface area (Å²) in [4.78, 5) is 33.2. The molecule has 1 aromatic heterocycles. The number of carbonyl (C=O) groups is 2. The van der Waals surface area contributed by atoms with Crippen molar-refractivity contribution in [2.75, 3.05) is 31.1 Å². The number of hydrogen-bond acceptors (Lipinski definition) is 4.